The first-order valence-electron chi connectivity index (χ1n) is 7.09. The van der Waals surface area contributed by atoms with E-state index in [1.165, 1.54) is 0 Å². The number of aliphatic carboxylic acids is 1. The van der Waals surface area contributed by atoms with E-state index in [0.29, 0.717) is 25.0 Å². The molecule has 5 nitrogen and oxygen atoms in total. The zero-order chi connectivity index (χ0) is 14.8. The molecule has 112 valence electrons. The van der Waals surface area contributed by atoms with Crippen molar-refractivity contribution in [3.63, 3.8) is 0 Å². The Morgan fingerprint density at radius 3 is 3.00 bits per heavy atom. The molecule has 0 atom stereocenters. The molecule has 0 radical (unpaired) electrons. The quantitative estimate of drug-likeness (QED) is 0.851. The van der Waals surface area contributed by atoms with Gasteiger partial charge in [-0.15, -0.1) is 11.3 Å². The van der Waals surface area contributed by atoms with Crippen LogP contribution in [0.5, 0.6) is 0 Å². The number of carboxylic acid groups (broad SMARTS) is 1. The highest BCUT2D eigenvalue weighted by atomic mass is 32.1. The van der Waals surface area contributed by atoms with Gasteiger partial charge in [0.25, 0.3) is 0 Å². The van der Waals surface area contributed by atoms with Crippen molar-refractivity contribution in [3.05, 3.63) is 29.0 Å². The number of thiophene rings is 1. The number of rotatable bonds is 7. The van der Waals surface area contributed by atoms with Crippen molar-refractivity contribution in [1.82, 2.24) is 9.88 Å². The van der Waals surface area contributed by atoms with E-state index in [1.54, 1.807) is 11.3 Å². The van der Waals surface area contributed by atoms with E-state index in [1.807, 2.05) is 24.4 Å². The molecule has 0 amide bonds. The first-order valence-corrected chi connectivity index (χ1v) is 7.97. The van der Waals surface area contributed by atoms with Gasteiger partial charge in [-0.1, -0.05) is 6.07 Å². The van der Waals surface area contributed by atoms with E-state index in [0.717, 1.165) is 29.2 Å². The van der Waals surface area contributed by atoms with Gasteiger partial charge in [0.15, 0.2) is 0 Å². The topological polar surface area (TPSA) is 66.6 Å². The molecule has 6 heteroatoms. The summed E-state index contributed by atoms with van der Waals surface area (Å²) in [7, 11) is 0. The third-order valence-electron chi connectivity index (χ3n) is 3.65. The third kappa shape index (κ3) is 3.51. The number of nitrogens with zero attached hydrogens (tertiary/aromatic N) is 2. The highest BCUT2D eigenvalue weighted by molar-refractivity contribution is 7.13. The van der Waals surface area contributed by atoms with Crippen LogP contribution in [0.4, 0.5) is 0 Å². The lowest BCUT2D eigenvalue weighted by Gasteiger charge is -2.19. The van der Waals surface area contributed by atoms with Gasteiger partial charge < -0.3 is 9.52 Å². The molecule has 2 aromatic rings. The lowest BCUT2D eigenvalue weighted by atomic mass is 10.3. The van der Waals surface area contributed by atoms with E-state index in [4.69, 9.17) is 9.52 Å². The molecular formula is C15H18N2O3S. The third-order valence-corrected chi connectivity index (χ3v) is 4.51. The fourth-order valence-corrected chi connectivity index (χ4v) is 2.99. The largest absolute Gasteiger partial charge is 0.481 e. The number of carbonyl (C=O) groups is 1. The zero-order valence-corrected chi connectivity index (χ0v) is 12.7. The number of aryl methyl sites for hydroxylation is 1. The van der Waals surface area contributed by atoms with Gasteiger partial charge in [-0.25, -0.2) is 4.98 Å². The summed E-state index contributed by atoms with van der Waals surface area (Å²) in [6.07, 6.45) is 2.47. The van der Waals surface area contributed by atoms with Crippen LogP contribution >= 0.6 is 11.3 Å². The van der Waals surface area contributed by atoms with Crippen molar-refractivity contribution in [2.45, 2.75) is 38.8 Å². The van der Waals surface area contributed by atoms with Crippen LogP contribution in [-0.4, -0.2) is 33.5 Å². The Bertz CT molecular complexity index is 617. The van der Waals surface area contributed by atoms with Crippen molar-refractivity contribution >= 4 is 17.3 Å². The predicted molar refractivity (Wildman–Crippen MR) is 80.2 cm³/mol. The van der Waals surface area contributed by atoms with Crippen LogP contribution in [0.1, 0.15) is 30.7 Å². The van der Waals surface area contributed by atoms with E-state index >= 15 is 0 Å². The zero-order valence-electron chi connectivity index (χ0n) is 11.9. The molecule has 2 aromatic heterocycles. The average Bonchev–Trinajstić information content (AvgIpc) is 3.01. The van der Waals surface area contributed by atoms with Gasteiger partial charge >= 0.3 is 5.97 Å². The van der Waals surface area contributed by atoms with Gasteiger partial charge in [-0.3, -0.25) is 9.69 Å². The predicted octanol–water partition coefficient (Wildman–Crippen LogP) is 3.15. The summed E-state index contributed by atoms with van der Waals surface area (Å²) in [6.45, 7) is 3.15. The molecule has 1 aliphatic rings. The van der Waals surface area contributed by atoms with Crippen molar-refractivity contribution in [3.8, 4) is 10.8 Å². The Morgan fingerprint density at radius 2 is 2.38 bits per heavy atom. The Hall–Kier alpha value is -1.66. The molecule has 1 saturated carbocycles. The lowest BCUT2D eigenvalue weighted by molar-refractivity contribution is -0.137. The molecule has 1 aliphatic carbocycles. The van der Waals surface area contributed by atoms with Crippen LogP contribution in [0.2, 0.25) is 0 Å². The van der Waals surface area contributed by atoms with Crippen molar-refractivity contribution in [2.75, 3.05) is 6.54 Å². The van der Waals surface area contributed by atoms with Crippen molar-refractivity contribution in [1.29, 1.82) is 0 Å². The fourth-order valence-electron chi connectivity index (χ4n) is 2.34. The van der Waals surface area contributed by atoms with Crippen LogP contribution in [0, 0.1) is 6.92 Å². The second kappa shape index (κ2) is 5.99. The van der Waals surface area contributed by atoms with Crippen molar-refractivity contribution in [2.24, 2.45) is 0 Å². The van der Waals surface area contributed by atoms with E-state index in [2.05, 4.69) is 9.88 Å². The van der Waals surface area contributed by atoms with Crippen LogP contribution in [0.3, 0.4) is 0 Å². The summed E-state index contributed by atoms with van der Waals surface area (Å²) in [5.41, 5.74) is 0.913. The standard InChI is InChI=1S/C15H18N2O3S/c1-10-12(16-15(20-10)13-3-2-8-21-13)9-17(11-4-5-11)7-6-14(18)19/h2-3,8,11H,4-7,9H2,1H3,(H,18,19). The summed E-state index contributed by atoms with van der Waals surface area (Å²) >= 11 is 1.60. The number of oxazole rings is 1. The molecule has 0 saturated heterocycles. The Morgan fingerprint density at radius 1 is 1.57 bits per heavy atom. The highest BCUT2D eigenvalue weighted by Gasteiger charge is 2.30. The normalized spacial score (nSPS) is 14.8. The van der Waals surface area contributed by atoms with Gasteiger partial charge in [-0.05, 0) is 31.2 Å². The number of hydrogen-bond acceptors (Lipinski definition) is 5. The smallest absolute Gasteiger partial charge is 0.304 e. The molecule has 1 N–H and O–H groups in total. The number of aromatic nitrogens is 1. The summed E-state index contributed by atoms with van der Waals surface area (Å²) in [6, 6.07) is 4.47. The van der Waals surface area contributed by atoms with Gasteiger partial charge in [0, 0.05) is 19.1 Å². The van der Waals surface area contributed by atoms with Gasteiger partial charge in [0.2, 0.25) is 5.89 Å². The second-order valence-corrected chi connectivity index (χ2v) is 6.29. The maximum Gasteiger partial charge on any atom is 0.304 e. The minimum Gasteiger partial charge on any atom is -0.481 e. The highest BCUT2D eigenvalue weighted by Crippen LogP contribution is 2.30. The number of hydrogen-bond donors (Lipinski definition) is 1. The minimum absolute atomic E-state index is 0.172. The van der Waals surface area contributed by atoms with Crippen LogP contribution < -0.4 is 0 Å². The Labute approximate surface area is 127 Å². The molecule has 0 bridgehead atoms. The summed E-state index contributed by atoms with van der Waals surface area (Å²) in [4.78, 5) is 18.6. The molecule has 0 spiro atoms. The first kappa shape index (κ1) is 14.3. The molecule has 0 unspecified atom stereocenters. The molecule has 1 fully saturated rings. The van der Waals surface area contributed by atoms with E-state index in [9.17, 15) is 4.79 Å². The summed E-state index contributed by atoms with van der Waals surface area (Å²) in [5.74, 6) is 0.725. The van der Waals surface area contributed by atoms with Gasteiger partial charge in [0.1, 0.15) is 5.76 Å². The molecule has 0 aliphatic heterocycles. The first-order chi connectivity index (χ1) is 10.1. The second-order valence-electron chi connectivity index (χ2n) is 5.34. The van der Waals surface area contributed by atoms with Crippen LogP contribution in [0.25, 0.3) is 10.8 Å². The van der Waals surface area contributed by atoms with Gasteiger partial charge in [-0.2, -0.15) is 0 Å². The van der Waals surface area contributed by atoms with Crippen LogP contribution in [-0.2, 0) is 11.3 Å². The Balaban J connectivity index is 1.72. The molecular weight excluding hydrogens is 288 g/mol. The monoisotopic (exact) mass is 306 g/mol. The van der Waals surface area contributed by atoms with Crippen molar-refractivity contribution < 1.29 is 14.3 Å². The minimum atomic E-state index is -0.753. The molecule has 3 rings (SSSR count). The van der Waals surface area contributed by atoms with Crippen LogP contribution in [0.15, 0.2) is 21.9 Å². The summed E-state index contributed by atoms with van der Waals surface area (Å²) < 4.78 is 5.74. The molecule has 2 heterocycles. The maximum absolute atomic E-state index is 10.8. The maximum atomic E-state index is 10.8. The lowest BCUT2D eigenvalue weighted by Crippen LogP contribution is -2.28. The summed E-state index contributed by atoms with van der Waals surface area (Å²) in [5, 5.41) is 10.9. The van der Waals surface area contributed by atoms with Gasteiger partial charge in [0.05, 0.1) is 17.0 Å². The van der Waals surface area contributed by atoms with E-state index in [-0.39, 0.29) is 6.42 Å². The SMILES string of the molecule is Cc1oc(-c2cccs2)nc1CN(CCC(=O)O)C1CC1. The molecule has 21 heavy (non-hydrogen) atoms. The number of carboxylic acids is 1. The Kier molecular flexibility index (Phi) is 4.07. The molecule has 0 aromatic carbocycles. The van der Waals surface area contributed by atoms with E-state index < -0.39 is 5.97 Å². The average molecular weight is 306 g/mol. The fraction of sp³-hybridized carbons (Fsp3) is 0.467.